The second-order valence-electron chi connectivity index (χ2n) is 11.3. The first-order valence-corrected chi connectivity index (χ1v) is 15.2. The van der Waals surface area contributed by atoms with Crippen molar-refractivity contribution in [3.05, 3.63) is 151 Å². The molecule has 10 aromatic rings. The van der Waals surface area contributed by atoms with E-state index in [-0.39, 0.29) is 61.8 Å². The Bertz CT molecular complexity index is 3350. The Morgan fingerprint density at radius 3 is 2.04 bits per heavy atom. The molecule has 224 valence electrons. The van der Waals surface area contributed by atoms with Crippen LogP contribution in [-0.4, -0.2) is 15.0 Å². The Kier molecular flexibility index (Phi) is 4.18. The summed E-state index contributed by atoms with van der Waals surface area (Å²) in [4.78, 5) is 14.3. The van der Waals surface area contributed by atoms with Crippen molar-refractivity contribution in [3.8, 4) is 45.3 Å². The van der Waals surface area contributed by atoms with E-state index in [9.17, 15) is 1.37 Å². The second kappa shape index (κ2) is 10.5. The molecular formula is C43H25N3O2. The molecule has 0 saturated carbocycles. The van der Waals surface area contributed by atoms with Crippen LogP contribution in [-0.2, 0) is 0 Å². The molecule has 0 fully saturated rings. The lowest BCUT2D eigenvalue weighted by molar-refractivity contribution is 0.669. The molecule has 0 N–H and O–H groups in total. The van der Waals surface area contributed by atoms with Gasteiger partial charge in [0.2, 0.25) is 0 Å². The Morgan fingerprint density at radius 2 is 1.21 bits per heavy atom. The number of furan rings is 2. The largest absolute Gasteiger partial charge is 0.456 e. The standard InChI is InChI=1S/C43H25N3O2/c1-3-10-26(11-4-1)31-16-9-17-37-39(31)34-22-19-30(25-38(34)47-37)43-45-41(28-13-5-2-6-14-28)44-42(46-43)29-20-23-36-35(24-29)33-21-18-27-12-7-8-15-32(27)40(33)48-36/h1-25H/i7D,8D,12D,15D,18D,20D,21D,23D,24D. The van der Waals surface area contributed by atoms with Gasteiger partial charge >= 0.3 is 0 Å². The molecular weight excluding hydrogens is 590 g/mol. The first-order chi connectivity index (χ1) is 27.5. The predicted octanol–water partition coefficient (Wildman–Crippen LogP) is 11.5. The number of fused-ring (bicyclic) bond motifs is 8. The van der Waals surface area contributed by atoms with Crippen molar-refractivity contribution in [1.82, 2.24) is 15.0 Å². The third kappa shape index (κ3) is 4.22. The smallest absolute Gasteiger partial charge is 0.164 e. The van der Waals surface area contributed by atoms with Crippen molar-refractivity contribution < 1.29 is 21.2 Å². The van der Waals surface area contributed by atoms with Crippen LogP contribution in [0, 0.1) is 0 Å². The topological polar surface area (TPSA) is 65.0 Å². The van der Waals surface area contributed by atoms with Crippen LogP contribution in [0.25, 0.3) is 99.9 Å². The highest BCUT2D eigenvalue weighted by Gasteiger charge is 2.18. The quantitative estimate of drug-likeness (QED) is 0.195. The van der Waals surface area contributed by atoms with Crippen molar-refractivity contribution in [3.63, 3.8) is 0 Å². The van der Waals surface area contributed by atoms with Crippen LogP contribution < -0.4 is 0 Å². The zero-order chi connectivity index (χ0) is 39.4. The normalized spacial score (nSPS) is 14.4. The Balaban J connectivity index is 1.23. The van der Waals surface area contributed by atoms with E-state index in [1.54, 1.807) is 0 Å². The molecule has 0 bridgehead atoms. The van der Waals surface area contributed by atoms with Crippen LogP contribution in [0.3, 0.4) is 0 Å². The van der Waals surface area contributed by atoms with Gasteiger partial charge in [-0.05, 0) is 58.9 Å². The molecule has 0 unspecified atom stereocenters. The molecule has 0 radical (unpaired) electrons. The SMILES string of the molecule is [2H]c1c(-c2nc(-c3ccccc3)nc(-c3ccc4c(c3)oc3cccc(-c5ccccc5)c34)n2)c([2H])c2c(oc3c4c([2H])c([2H])c([2H])c([2H])c4c([2H])c([2H])c32)c1[2H]. The maximum Gasteiger partial charge on any atom is 0.164 e. The zero-order valence-electron chi connectivity index (χ0n) is 33.9. The fourth-order valence-corrected chi connectivity index (χ4v) is 6.18. The molecule has 0 aliphatic heterocycles. The summed E-state index contributed by atoms with van der Waals surface area (Å²) in [6.45, 7) is 0. The first-order valence-electron chi connectivity index (χ1n) is 19.7. The van der Waals surface area contributed by atoms with Crippen molar-refractivity contribution in [2.75, 3.05) is 0 Å². The van der Waals surface area contributed by atoms with Gasteiger partial charge in [0.05, 0.1) is 12.3 Å². The zero-order valence-corrected chi connectivity index (χ0v) is 24.9. The van der Waals surface area contributed by atoms with Crippen LogP contribution in [0.1, 0.15) is 12.3 Å². The third-order valence-electron chi connectivity index (χ3n) is 8.42. The summed E-state index contributed by atoms with van der Waals surface area (Å²) in [6.07, 6.45) is 0. The Hall–Kier alpha value is -6.59. The van der Waals surface area contributed by atoms with Crippen LogP contribution in [0.15, 0.2) is 160 Å². The molecule has 3 aromatic heterocycles. The van der Waals surface area contributed by atoms with Gasteiger partial charge in [0.1, 0.15) is 22.3 Å². The molecule has 0 amide bonds. The summed E-state index contributed by atoms with van der Waals surface area (Å²) >= 11 is 0. The predicted molar refractivity (Wildman–Crippen MR) is 194 cm³/mol. The van der Waals surface area contributed by atoms with Crippen molar-refractivity contribution in [2.45, 2.75) is 0 Å². The molecule has 3 heterocycles. The van der Waals surface area contributed by atoms with E-state index < -0.39 is 48.3 Å². The second-order valence-corrected chi connectivity index (χ2v) is 11.3. The van der Waals surface area contributed by atoms with Crippen molar-refractivity contribution in [2.24, 2.45) is 0 Å². The molecule has 0 aliphatic rings. The molecule has 0 spiro atoms. The molecule has 5 heteroatoms. The molecule has 5 nitrogen and oxygen atoms in total. The van der Waals surface area contributed by atoms with E-state index in [2.05, 4.69) is 6.07 Å². The van der Waals surface area contributed by atoms with E-state index in [1.807, 2.05) is 91.0 Å². The van der Waals surface area contributed by atoms with Gasteiger partial charge in [-0.3, -0.25) is 0 Å². The highest BCUT2D eigenvalue weighted by atomic mass is 16.3. The summed E-state index contributed by atoms with van der Waals surface area (Å²) in [5.41, 5.74) is 4.01. The molecule has 7 aromatic carbocycles. The van der Waals surface area contributed by atoms with Crippen molar-refractivity contribution >= 4 is 54.6 Å². The van der Waals surface area contributed by atoms with Gasteiger partial charge in [-0.15, -0.1) is 0 Å². The summed E-state index contributed by atoms with van der Waals surface area (Å²) in [5.74, 6) is 0.365. The highest BCUT2D eigenvalue weighted by Crippen LogP contribution is 2.39. The average molecular weight is 625 g/mol. The molecule has 48 heavy (non-hydrogen) atoms. The minimum Gasteiger partial charge on any atom is -0.456 e. The number of benzene rings is 7. The van der Waals surface area contributed by atoms with Crippen LogP contribution in [0.4, 0.5) is 0 Å². The van der Waals surface area contributed by atoms with Gasteiger partial charge in [0.25, 0.3) is 0 Å². The van der Waals surface area contributed by atoms with E-state index in [0.717, 1.165) is 21.9 Å². The molecule has 0 saturated heterocycles. The van der Waals surface area contributed by atoms with E-state index in [4.69, 9.17) is 34.8 Å². The van der Waals surface area contributed by atoms with E-state index >= 15 is 0 Å². The van der Waals surface area contributed by atoms with Gasteiger partial charge in [-0.1, -0.05) is 109 Å². The molecule has 0 atom stereocenters. The number of rotatable bonds is 4. The number of aromatic nitrogens is 3. The number of nitrogens with zero attached hydrogens (tertiary/aromatic N) is 3. The lowest BCUT2D eigenvalue weighted by atomic mass is 9.99. The van der Waals surface area contributed by atoms with Crippen molar-refractivity contribution in [1.29, 1.82) is 0 Å². The Labute approximate surface area is 287 Å². The number of hydrogen-bond donors (Lipinski definition) is 0. The fraction of sp³-hybridized carbons (Fsp3) is 0. The lowest BCUT2D eigenvalue weighted by Gasteiger charge is -2.08. The van der Waals surface area contributed by atoms with Gasteiger partial charge in [0, 0.05) is 43.6 Å². The summed E-state index contributed by atoms with van der Waals surface area (Å²) in [6, 6.07) is 26.5. The molecule has 0 aliphatic carbocycles. The minimum atomic E-state index is -0.565. The van der Waals surface area contributed by atoms with Crippen LogP contribution in [0.2, 0.25) is 0 Å². The van der Waals surface area contributed by atoms with Crippen LogP contribution in [0.5, 0.6) is 0 Å². The number of hydrogen-bond acceptors (Lipinski definition) is 5. The maximum atomic E-state index is 9.50. The van der Waals surface area contributed by atoms with E-state index in [0.29, 0.717) is 22.3 Å². The highest BCUT2D eigenvalue weighted by molar-refractivity contribution is 6.16. The summed E-state index contributed by atoms with van der Waals surface area (Å²) in [7, 11) is 0. The average Bonchev–Trinajstić information content (AvgIpc) is 3.83. The first kappa shape index (κ1) is 19.2. The van der Waals surface area contributed by atoms with E-state index in [1.165, 1.54) is 0 Å². The fourth-order valence-electron chi connectivity index (χ4n) is 6.18. The third-order valence-corrected chi connectivity index (χ3v) is 8.42. The van der Waals surface area contributed by atoms with Gasteiger partial charge < -0.3 is 8.83 Å². The van der Waals surface area contributed by atoms with Gasteiger partial charge in [-0.2, -0.15) is 0 Å². The molecule has 10 rings (SSSR count). The lowest BCUT2D eigenvalue weighted by Crippen LogP contribution is -2.00. The Morgan fingerprint density at radius 1 is 0.458 bits per heavy atom. The van der Waals surface area contributed by atoms with Crippen LogP contribution >= 0.6 is 0 Å². The van der Waals surface area contributed by atoms with Gasteiger partial charge in [-0.25, -0.2) is 15.0 Å². The maximum absolute atomic E-state index is 9.50. The minimum absolute atomic E-state index is 0.0741. The summed E-state index contributed by atoms with van der Waals surface area (Å²) < 4.78 is 91.5. The van der Waals surface area contributed by atoms with Gasteiger partial charge in [0.15, 0.2) is 17.5 Å². The summed E-state index contributed by atoms with van der Waals surface area (Å²) in [5, 5.41) is 1.33. The monoisotopic (exact) mass is 624 g/mol.